The third kappa shape index (κ3) is 4.25. The molecule has 184 valence electrons. The molecular weight excluding hydrogens is 496 g/mol. The fraction of sp³-hybridized carbons (Fsp3) is 0.120. The van der Waals surface area contributed by atoms with E-state index in [1.807, 2.05) is 12.1 Å². The summed E-state index contributed by atoms with van der Waals surface area (Å²) in [6, 6.07) is 14.3. The highest BCUT2D eigenvalue weighted by atomic mass is 35.5. The summed E-state index contributed by atoms with van der Waals surface area (Å²) in [5.41, 5.74) is 5.91. The second-order valence-electron chi connectivity index (χ2n) is 8.66. The number of pyridine rings is 1. The number of amides is 1. The zero-order chi connectivity index (χ0) is 25.5. The SMILES string of the molecule is O=C(O)Nc1ccc(-c2cnc(C3CCc4cc(-c5cc(Cl)ccc5-n5cnnn5)c[n+]([O-])c43)[nH]2)cc1. The molecule has 3 N–H and O–H groups in total. The van der Waals surface area contributed by atoms with Gasteiger partial charge in [0.2, 0.25) is 5.69 Å². The highest BCUT2D eigenvalue weighted by Crippen LogP contribution is 2.38. The molecule has 3 heterocycles. The van der Waals surface area contributed by atoms with Crippen molar-refractivity contribution in [3.05, 3.63) is 94.6 Å². The van der Waals surface area contributed by atoms with E-state index in [1.165, 1.54) is 11.0 Å². The minimum Gasteiger partial charge on any atom is -0.618 e. The van der Waals surface area contributed by atoms with Crippen molar-refractivity contribution in [1.82, 2.24) is 30.2 Å². The van der Waals surface area contributed by atoms with E-state index in [1.54, 1.807) is 48.8 Å². The molecule has 0 bridgehead atoms. The minimum absolute atomic E-state index is 0.179. The fourth-order valence-corrected chi connectivity index (χ4v) is 4.96. The number of carbonyl (C=O) groups is 1. The molecule has 1 aliphatic carbocycles. The van der Waals surface area contributed by atoms with Gasteiger partial charge in [0.15, 0.2) is 6.20 Å². The number of aromatic nitrogens is 7. The van der Waals surface area contributed by atoms with Gasteiger partial charge in [-0.1, -0.05) is 23.7 Å². The predicted octanol–water partition coefficient (Wildman–Crippen LogP) is 4.17. The number of imidazole rings is 1. The predicted molar refractivity (Wildman–Crippen MR) is 134 cm³/mol. The number of aryl methyl sites for hydroxylation is 1. The second-order valence-corrected chi connectivity index (χ2v) is 9.10. The topological polar surface area (TPSA) is 149 Å². The van der Waals surface area contributed by atoms with Gasteiger partial charge in [0.25, 0.3) is 0 Å². The van der Waals surface area contributed by atoms with Crippen LogP contribution in [0.4, 0.5) is 10.5 Å². The molecule has 1 aliphatic rings. The average Bonchev–Trinajstić information content (AvgIpc) is 3.65. The molecule has 1 atom stereocenters. The molecule has 12 heteroatoms. The molecule has 1 amide bonds. The summed E-state index contributed by atoms with van der Waals surface area (Å²) in [6.45, 7) is 0. The number of benzene rings is 2. The van der Waals surface area contributed by atoms with E-state index in [2.05, 4.69) is 30.8 Å². The molecule has 5 aromatic rings. The molecular formula is C25H19ClN8O3. The van der Waals surface area contributed by atoms with E-state index in [9.17, 15) is 10.0 Å². The number of fused-ring (bicyclic) bond motifs is 1. The van der Waals surface area contributed by atoms with Gasteiger partial charge in [-0.2, -0.15) is 9.41 Å². The zero-order valence-electron chi connectivity index (χ0n) is 19.2. The van der Waals surface area contributed by atoms with E-state index in [-0.39, 0.29) is 5.92 Å². The number of carboxylic acid groups (broad SMARTS) is 1. The number of H-pyrrole nitrogens is 1. The van der Waals surface area contributed by atoms with Crippen LogP contribution in [-0.2, 0) is 6.42 Å². The summed E-state index contributed by atoms with van der Waals surface area (Å²) in [6.07, 6.45) is 5.11. The molecule has 37 heavy (non-hydrogen) atoms. The maximum Gasteiger partial charge on any atom is 0.409 e. The number of anilines is 1. The van der Waals surface area contributed by atoms with E-state index in [0.29, 0.717) is 27.9 Å². The Morgan fingerprint density at radius 2 is 2.03 bits per heavy atom. The molecule has 0 fully saturated rings. The van der Waals surface area contributed by atoms with Gasteiger partial charge in [0.05, 0.1) is 17.6 Å². The van der Waals surface area contributed by atoms with Gasteiger partial charge in [-0.05, 0) is 65.2 Å². The Kier molecular flexibility index (Phi) is 5.53. The van der Waals surface area contributed by atoms with E-state index >= 15 is 0 Å². The Labute approximate surface area is 215 Å². The first-order valence-corrected chi connectivity index (χ1v) is 11.8. The van der Waals surface area contributed by atoms with Crippen LogP contribution in [0.3, 0.4) is 0 Å². The smallest absolute Gasteiger partial charge is 0.409 e. The van der Waals surface area contributed by atoms with Crippen LogP contribution >= 0.6 is 11.6 Å². The normalized spacial score (nSPS) is 14.5. The summed E-state index contributed by atoms with van der Waals surface area (Å²) in [5, 5.41) is 36.4. The quantitative estimate of drug-likeness (QED) is 0.235. The van der Waals surface area contributed by atoms with Gasteiger partial charge in [0, 0.05) is 27.4 Å². The fourth-order valence-electron chi connectivity index (χ4n) is 4.79. The molecule has 0 spiro atoms. The summed E-state index contributed by atoms with van der Waals surface area (Å²) in [5.74, 6) is 0.526. The molecule has 0 saturated heterocycles. The third-order valence-corrected chi connectivity index (χ3v) is 6.66. The first kappa shape index (κ1) is 22.7. The lowest BCUT2D eigenvalue weighted by Gasteiger charge is -2.13. The van der Waals surface area contributed by atoms with Crippen molar-refractivity contribution in [3.63, 3.8) is 0 Å². The first-order chi connectivity index (χ1) is 18.0. The summed E-state index contributed by atoms with van der Waals surface area (Å²) >= 11 is 6.28. The summed E-state index contributed by atoms with van der Waals surface area (Å²) in [4.78, 5) is 18.7. The number of hydrogen-bond donors (Lipinski definition) is 3. The van der Waals surface area contributed by atoms with E-state index in [0.717, 1.165) is 45.5 Å². The van der Waals surface area contributed by atoms with Crippen molar-refractivity contribution in [2.24, 2.45) is 0 Å². The maximum atomic E-state index is 13.3. The molecule has 3 aromatic heterocycles. The minimum atomic E-state index is -1.12. The Morgan fingerprint density at radius 1 is 1.19 bits per heavy atom. The highest BCUT2D eigenvalue weighted by Gasteiger charge is 2.35. The number of halogens is 1. The van der Waals surface area contributed by atoms with E-state index < -0.39 is 6.09 Å². The van der Waals surface area contributed by atoms with Crippen LogP contribution < -0.4 is 10.0 Å². The van der Waals surface area contributed by atoms with Gasteiger partial charge in [-0.25, -0.2) is 9.78 Å². The Hall–Kier alpha value is -4.77. The molecule has 0 saturated carbocycles. The largest absolute Gasteiger partial charge is 0.618 e. The van der Waals surface area contributed by atoms with Gasteiger partial charge in [0.1, 0.15) is 18.1 Å². The Morgan fingerprint density at radius 3 is 2.78 bits per heavy atom. The molecule has 0 aliphatic heterocycles. The van der Waals surface area contributed by atoms with Gasteiger partial charge < -0.3 is 15.3 Å². The lowest BCUT2D eigenvalue weighted by molar-refractivity contribution is -0.614. The standard InChI is InChI=1S/C25H19ClN8O3/c26-17-4-8-22(33-13-28-31-32-33)20(10-17)16-9-15-3-7-19(23(15)34(37)12-16)24-27-11-21(30-24)14-1-5-18(6-2-14)29-25(35)36/h1-2,4-6,8-13,19,29H,3,7H2,(H,27,30)(H,35,36). The number of aromatic amines is 1. The molecule has 2 aromatic carbocycles. The number of hydrogen-bond acceptors (Lipinski definition) is 6. The van der Waals surface area contributed by atoms with Crippen LogP contribution in [0.2, 0.25) is 5.02 Å². The third-order valence-electron chi connectivity index (χ3n) is 6.42. The second kappa shape index (κ2) is 9.03. The molecule has 1 unspecified atom stereocenters. The van der Waals surface area contributed by atoms with Crippen molar-refractivity contribution in [3.8, 4) is 28.1 Å². The van der Waals surface area contributed by atoms with Crippen LogP contribution in [0.25, 0.3) is 28.1 Å². The van der Waals surface area contributed by atoms with Crippen molar-refractivity contribution in [2.45, 2.75) is 18.8 Å². The van der Waals surface area contributed by atoms with Crippen molar-refractivity contribution in [1.29, 1.82) is 0 Å². The van der Waals surface area contributed by atoms with Crippen molar-refractivity contribution >= 4 is 23.4 Å². The van der Waals surface area contributed by atoms with Gasteiger partial charge in [-0.3, -0.25) is 5.32 Å². The van der Waals surface area contributed by atoms with Crippen LogP contribution in [0, 0.1) is 5.21 Å². The van der Waals surface area contributed by atoms with Crippen LogP contribution in [0.15, 0.2) is 67.3 Å². The molecule has 6 rings (SSSR count). The van der Waals surface area contributed by atoms with Gasteiger partial charge in [-0.15, -0.1) is 5.10 Å². The maximum absolute atomic E-state index is 13.3. The zero-order valence-corrected chi connectivity index (χ0v) is 19.9. The van der Waals surface area contributed by atoms with Crippen LogP contribution in [-0.4, -0.2) is 41.4 Å². The highest BCUT2D eigenvalue weighted by molar-refractivity contribution is 6.31. The Bertz CT molecular complexity index is 1620. The number of nitrogens with zero attached hydrogens (tertiary/aromatic N) is 6. The number of tetrazole rings is 1. The van der Waals surface area contributed by atoms with Crippen molar-refractivity contribution < 1.29 is 14.6 Å². The average molecular weight is 515 g/mol. The van der Waals surface area contributed by atoms with Gasteiger partial charge >= 0.3 is 6.09 Å². The van der Waals surface area contributed by atoms with E-state index in [4.69, 9.17) is 16.7 Å². The molecule has 0 radical (unpaired) electrons. The van der Waals surface area contributed by atoms with Crippen LogP contribution in [0.5, 0.6) is 0 Å². The summed E-state index contributed by atoms with van der Waals surface area (Å²) in [7, 11) is 0. The summed E-state index contributed by atoms with van der Waals surface area (Å²) < 4.78 is 2.45. The molecule has 11 nitrogen and oxygen atoms in total. The lowest BCUT2D eigenvalue weighted by atomic mass is 10.0. The first-order valence-electron chi connectivity index (χ1n) is 11.4. The number of rotatable bonds is 5. The lowest BCUT2D eigenvalue weighted by Crippen LogP contribution is -2.33. The number of nitrogens with one attached hydrogen (secondary N) is 2. The van der Waals surface area contributed by atoms with Crippen LogP contribution in [0.1, 0.15) is 29.4 Å². The van der Waals surface area contributed by atoms with Crippen molar-refractivity contribution in [2.75, 3.05) is 5.32 Å². The monoisotopic (exact) mass is 514 g/mol. The Balaban J connectivity index is 1.32.